The Balaban J connectivity index is 1.71. The van der Waals surface area contributed by atoms with Gasteiger partial charge in [0.15, 0.2) is 0 Å². The van der Waals surface area contributed by atoms with Crippen LogP contribution in [0.5, 0.6) is 5.75 Å². The van der Waals surface area contributed by atoms with E-state index >= 15 is 0 Å². The summed E-state index contributed by atoms with van der Waals surface area (Å²) in [6.45, 7) is 4.81. The van der Waals surface area contributed by atoms with Gasteiger partial charge >= 0.3 is 0 Å². The average molecular weight is 307 g/mol. The molecule has 2 aliphatic heterocycles. The molecule has 2 heteroatoms. The highest BCUT2D eigenvalue weighted by molar-refractivity contribution is 5.64. The Bertz CT molecular complexity index is 673. The van der Waals surface area contributed by atoms with Crippen LogP contribution in [0.4, 0.5) is 5.69 Å². The smallest absolute Gasteiger partial charge is 0.118 e. The number of aryl methyl sites for hydroxylation is 2. The number of methoxy groups -OCH3 is 1. The van der Waals surface area contributed by atoms with Gasteiger partial charge in [-0.05, 0) is 60.1 Å². The highest BCUT2D eigenvalue weighted by Crippen LogP contribution is 2.38. The molecule has 0 aliphatic carbocycles. The molecule has 2 heterocycles. The van der Waals surface area contributed by atoms with Gasteiger partial charge in [0.1, 0.15) is 5.75 Å². The molecule has 0 fully saturated rings. The minimum atomic E-state index is 0.430. The average Bonchev–Trinajstić information content (AvgIpc) is 2.61. The number of benzene rings is 2. The van der Waals surface area contributed by atoms with Crippen molar-refractivity contribution in [2.45, 2.75) is 38.5 Å². The fraction of sp³-hybridized carbons (Fsp3) is 0.429. The number of nitrogens with zero attached hydrogens (tertiary/aromatic N) is 1. The zero-order valence-corrected chi connectivity index (χ0v) is 14.1. The summed E-state index contributed by atoms with van der Waals surface area (Å²) in [5.41, 5.74) is 7.54. The predicted octanol–water partition coefficient (Wildman–Crippen LogP) is 4.55. The van der Waals surface area contributed by atoms with Crippen LogP contribution in [0.2, 0.25) is 0 Å². The van der Waals surface area contributed by atoms with E-state index in [9.17, 15) is 0 Å². The standard InChI is InChI=1S/C21H25NO/c1-15(16-7-9-20(23-2)10-8-16)19-13-17-5-3-11-22-12-4-6-18(14-19)21(17)22/h7-10,13-15H,3-6,11-12H2,1-2H3. The van der Waals surface area contributed by atoms with Crippen LogP contribution >= 0.6 is 0 Å². The Kier molecular flexibility index (Phi) is 3.76. The largest absolute Gasteiger partial charge is 0.497 e. The van der Waals surface area contributed by atoms with Gasteiger partial charge in [0.25, 0.3) is 0 Å². The molecule has 120 valence electrons. The molecule has 2 aromatic carbocycles. The Labute approximate surface area is 139 Å². The predicted molar refractivity (Wildman–Crippen MR) is 95.8 cm³/mol. The van der Waals surface area contributed by atoms with Crippen molar-refractivity contribution < 1.29 is 4.74 Å². The number of rotatable bonds is 3. The normalized spacial score (nSPS) is 17.6. The van der Waals surface area contributed by atoms with E-state index in [2.05, 4.69) is 48.2 Å². The molecule has 0 amide bonds. The lowest BCUT2D eigenvalue weighted by Gasteiger charge is -2.37. The third kappa shape index (κ3) is 2.60. The Morgan fingerprint density at radius 1 is 0.913 bits per heavy atom. The van der Waals surface area contributed by atoms with Gasteiger partial charge in [-0.25, -0.2) is 0 Å². The van der Waals surface area contributed by atoms with E-state index in [1.807, 2.05) is 0 Å². The summed E-state index contributed by atoms with van der Waals surface area (Å²) in [7, 11) is 1.72. The van der Waals surface area contributed by atoms with Crippen molar-refractivity contribution in [1.82, 2.24) is 0 Å². The van der Waals surface area contributed by atoms with Crippen molar-refractivity contribution in [2.75, 3.05) is 25.1 Å². The minimum absolute atomic E-state index is 0.430. The van der Waals surface area contributed by atoms with Gasteiger partial charge in [0.2, 0.25) is 0 Å². The van der Waals surface area contributed by atoms with Crippen molar-refractivity contribution in [2.24, 2.45) is 0 Å². The van der Waals surface area contributed by atoms with Crippen molar-refractivity contribution in [1.29, 1.82) is 0 Å². The van der Waals surface area contributed by atoms with Gasteiger partial charge in [-0.3, -0.25) is 0 Å². The first-order chi connectivity index (χ1) is 11.3. The maximum absolute atomic E-state index is 5.28. The molecule has 1 atom stereocenters. The van der Waals surface area contributed by atoms with Gasteiger partial charge in [-0.1, -0.05) is 31.2 Å². The summed E-state index contributed by atoms with van der Waals surface area (Å²) >= 11 is 0. The number of hydrogen-bond acceptors (Lipinski definition) is 2. The summed E-state index contributed by atoms with van der Waals surface area (Å²) in [5, 5.41) is 0. The molecule has 4 rings (SSSR count). The van der Waals surface area contributed by atoms with Crippen molar-refractivity contribution >= 4 is 5.69 Å². The lowest BCUT2D eigenvalue weighted by Crippen LogP contribution is -2.34. The van der Waals surface area contributed by atoms with E-state index in [0.29, 0.717) is 5.92 Å². The zero-order chi connectivity index (χ0) is 15.8. The fourth-order valence-electron chi connectivity index (χ4n) is 4.17. The Morgan fingerprint density at radius 2 is 1.52 bits per heavy atom. The summed E-state index contributed by atoms with van der Waals surface area (Å²) in [6, 6.07) is 13.4. The van der Waals surface area contributed by atoms with E-state index < -0.39 is 0 Å². The highest BCUT2D eigenvalue weighted by Gasteiger charge is 2.25. The molecule has 0 radical (unpaired) electrons. The first-order valence-electron chi connectivity index (χ1n) is 8.81. The van der Waals surface area contributed by atoms with Crippen LogP contribution in [0.1, 0.15) is 47.9 Å². The zero-order valence-electron chi connectivity index (χ0n) is 14.1. The van der Waals surface area contributed by atoms with Gasteiger partial charge < -0.3 is 9.64 Å². The van der Waals surface area contributed by atoms with E-state index in [0.717, 1.165) is 5.75 Å². The second kappa shape index (κ2) is 5.92. The second-order valence-corrected chi connectivity index (χ2v) is 6.88. The molecule has 2 nitrogen and oxygen atoms in total. The highest BCUT2D eigenvalue weighted by atomic mass is 16.5. The Hall–Kier alpha value is -1.96. The molecule has 1 unspecified atom stereocenters. The summed E-state index contributed by atoms with van der Waals surface area (Å²) in [6.07, 6.45) is 5.07. The van der Waals surface area contributed by atoms with E-state index in [1.54, 1.807) is 23.9 Å². The molecule has 0 spiro atoms. The quantitative estimate of drug-likeness (QED) is 0.825. The number of ether oxygens (including phenoxy) is 1. The fourth-order valence-corrected chi connectivity index (χ4v) is 4.17. The van der Waals surface area contributed by atoms with Crippen molar-refractivity contribution in [3.63, 3.8) is 0 Å². The minimum Gasteiger partial charge on any atom is -0.497 e. The first-order valence-corrected chi connectivity index (χ1v) is 8.81. The van der Waals surface area contributed by atoms with E-state index in [4.69, 9.17) is 4.74 Å². The summed E-state index contributed by atoms with van der Waals surface area (Å²) in [4.78, 5) is 2.61. The van der Waals surface area contributed by atoms with E-state index in [-0.39, 0.29) is 0 Å². The molecular weight excluding hydrogens is 282 g/mol. The van der Waals surface area contributed by atoms with Crippen molar-refractivity contribution in [3.8, 4) is 5.75 Å². The maximum atomic E-state index is 5.28. The number of hydrogen-bond donors (Lipinski definition) is 0. The van der Waals surface area contributed by atoms with Crippen LogP contribution in [-0.2, 0) is 12.8 Å². The van der Waals surface area contributed by atoms with Crippen LogP contribution in [0.15, 0.2) is 36.4 Å². The molecular formula is C21H25NO. The van der Waals surface area contributed by atoms with Gasteiger partial charge in [0, 0.05) is 24.7 Å². The maximum Gasteiger partial charge on any atom is 0.118 e. The lowest BCUT2D eigenvalue weighted by atomic mass is 9.85. The van der Waals surface area contributed by atoms with Gasteiger partial charge in [-0.15, -0.1) is 0 Å². The van der Waals surface area contributed by atoms with Crippen LogP contribution in [0.3, 0.4) is 0 Å². The van der Waals surface area contributed by atoms with Gasteiger partial charge in [0.05, 0.1) is 7.11 Å². The molecule has 0 saturated carbocycles. The van der Waals surface area contributed by atoms with Crippen molar-refractivity contribution in [3.05, 3.63) is 58.7 Å². The summed E-state index contributed by atoms with van der Waals surface area (Å²) in [5.74, 6) is 1.36. The molecule has 0 N–H and O–H groups in total. The molecule has 23 heavy (non-hydrogen) atoms. The monoisotopic (exact) mass is 307 g/mol. The molecule has 0 bridgehead atoms. The SMILES string of the molecule is COc1ccc(C(C)c2cc3c4c(c2)CCCN4CCC3)cc1. The first kappa shape index (κ1) is 14.6. The number of anilines is 1. The third-order valence-corrected chi connectivity index (χ3v) is 5.47. The van der Waals surface area contributed by atoms with Gasteiger partial charge in [-0.2, -0.15) is 0 Å². The van der Waals surface area contributed by atoms with Crippen LogP contribution in [0.25, 0.3) is 0 Å². The van der Waals surface area contributed by atoms with Crippen LogP contribution in [0, 0.1) is 0 Å². The Morgan fingerprint density at radius 3 is 2.09 bits per heavy atom. The topological polar surface area (TPSA) is 12.5 Å². The van der Waals surface area contributed by atoms with Crippen LogP contribution in [-0.4, -0.2) is 20.2 Å². The molecule has 0 aromatic heterocycles. The third-order valence-electron chi connectivity index (χ3n) is 5.47. The molecule has 2 aromatic rings. The lowest BCUT2D eigenvalue weighted by molar-refractivity contribution is 0.414. The second-order valence-electron chi connectivity index (χ2n) is 6.88. The van der Waals surface area contributed by atoms with E-state index in [1.165, 1.54) is 49.9 Å². The summed E-state index contributed by atoms with van der Waals surface area (Å²) < 4.78 is 5.28. The molecule has 2 aliphatic rings. The van der Waals surface area contributed by atoms with Crippen LogP contribution < -0.4 is 9.64 Å². The molecule has 0 saturated heterocycles.